The number of amides is 1. The first kappa shape index (κ1) is 20.2. The zero-order valence-electron chi connectivity index (χ0n) is 14.8. The van der Waals surface area contributed by atoms with Crippen molar-refractivity contribution < 1.29 is 17.9 Å². The van der Waals surface area contributed by atoms with E-state index in [4.69, 9.17) is 16.3 Å². The summed E-state index contributed by atoms with van der Waals surface area (Å²) < 4.78 is 31.2. The zero-order chi connectivity index (χ0) is 19.3. The average Bonchev–Trinajstić information content (AvgIpc) is 2.59. The van der Waals surface area contributed by atoms with E-state index in [0.717, 1.165) is 15.4 Å². The first-order valence-electron chi connectivity index (χ1n) is 7.86. The van der Waals surface area contributed by atoms with Gasteiger partial charge in [0.05, 0.1) is 23.6 Å². The van der Waals surface area contributed by atoms with Gasteiger partial charge in [0.1, 0.15) is 5.75 Å². The Morgan fingerprint density at radius 3 is 2.58 bits per heavy atom. The Morgan fingerprint density at radius 1 is 1.23 bits per heavy atom. The van der Waals surface area contributed by atoms with Gasteiger partial charge in [-0.2, -0.15) is 4.31 Å². The summed E-state index contributed by atoms with van der Waals surface area (Å²) in [6.07, 6.45) is 0. The Hall–Kier alpha value is -2.09. The van der Waals surface area contributed by atoms with Crippen LogP contribution in [0.2, 0.25) is 5.02 Å². The topological polar surface area (TPSA) is 75.7 Å². The van der Waals surface area contributed by atoms with Crippen molar-refractivity contribution in [2.24, 2.45) is 0 Å². The number of likely N-dealkylation sites (N-methyl/N-ethyl adjacent to an activating group) is 1. The van der Waals surface area contributed by atoms with E-state index in [2.05, 4.69) is 5.32 Å². The highest BCUT2D eigenvalue weighted by Gasteiger charge is 2.23. The Labute approximate surface area is 158 Å². The SMILES string of the molecule is COc1ccc(S(=O)(=O)N(C)CC(=O)NCc2cccc(C)c2)cc1Cl. The molecule has 0 saturated carbocycles. The van der Waals surface area contributed by atoms with Crippen molar-refractivity contribution in [2.45, 2.75) is 18.4 Å². The molecule has 0 heterocycles. The van der Waals surface area contributed by atoms with Crippen LogP contribution in [0, 0.1) is 6.92 Å². The predicted molar refractivity (Wildman–Crippen MR) is 101 cm³/mol. The molecule has 1 N–H and O–H groups in total. The second-order valence-corrected chi connectivity index (χ2v) is 8.28. The van der Waals surface area contributed by atoms with Gasteiger partial charge in [-0.15, -0.1) is 0 Å². The lowest BCUT2D eigenvalue weighted by Gasteiger charge is -2.17. The van der Waals surface area contributed by atoms with Crippen molar-refractivity contribution in [3.8, 4) is 5.75 Å². The van der Waals surface area contributed by atoms with Gasteiger partial charge >= 0.3 is 0 Å². The minimum Gasteiger partial charge on any atom is -0.495 e. The van der Waals surface area contributed by atoms with E-state index in [-0.39, 0.29) is 16.5 Å². The first-order chi connectivity index (χ1) is 12.2. The van der Waals surface area contributed by atoms with Crippen LogP contribution in [0.1, 0.15) is 11.1 Å². The number of hydrogen-bond donors (Lipinski definition) is 1. The molecule has 6 nitrogen and oxygen atoms in total. The number of sulfonamides is 1. The van der Waals surface area contributed by atoms with Gasteiger partial charge in [0, 0.05) is 13.6 Å². The maximum atomic E-state index is 12.6. The highest BCUT2D eigenvalue weighted by Crippen LogP contribution is 2.28. The van der Waals surface area contributed by atoms with Gasteiger partial charge in [-0.25, -0.2) is 8.42 Å². The number of carbonyl (C=O) groups excluding carboxylic acids is 1. The quantitative estimate of drug-likeness (QED) is 0.780. The zero-order valence-corrected chi connectivity index (χ0v) is 16.4. The maximum absolute atomic E-state index is 12.6. The first-order valence-corrected chi connectivity index (χ1v) is 9.68. The molecule has 0 aliphatic heterocycles. The van der Waals surface area contributed by atoms with Crippen LogP contribution in [0.5, 0.6) is 5.75 Å². The van der Waals surface area contributed by atoms with E-state index in [9.17, 15) is 13.2 Å². The molecular formula is C18H21ClN2O4S. The second kappa shape index (κ2) is 8.53. The summed E-state index contributed by atoms with van der Waals surface area (Å²) in [6.45, 7) is 2.01. The smallest absolute Gasteiger partial charge is 0.243 e. The molecule has 0 fully saturated rings. The standard InChI is InChI=1S/C18H21ClN2O4S/c1-13-5-4-6-14(9-13)11-20-18(22)12-21(2)26(23,24)15-7-8-17(25-3)16(19)10-15/h4-10H,11-12H2,1-3H3,(H,20,22). The fourth-order valence-corrected chi connectivity index (χ4v) is 3.83. The maximum Gasteiger partial charge on any atom is 0.243 e. The predicted octanol–water partition coefficient (Wildman–Crippen LogP) is 2.59. The lowest BCUT2D eigenvalue weighted by molar-refractivity contribution is -0.121. The Balaban J connectivity index is 2.02. The number of aryl methyl sites for hydroxylation is 1. The number of ether oxygens (including phenoxy) is 1. The van der Waals surface area contributed by atoms with E-state index in [0.29, 0.717) is 12.3 Å². The van der Waals surface area contributed by atoms with Crippen LogP contribution in [0.4, 0.5) is 0 Å². The fourth-order valence-electron chi connectivity index (χ4n) is 2.35. The number of hydrogen-bond acceptors (Lipinski definition) is 4. The summed E-state index contributed by atoms with van der Waals surface area (Å²) in [5.74, 6) is -0.0126. The number of rotatable bonds is 7. The van der Waals surface area contributed by atoms with Gasteiger partial charge < -0.3 is 10.1 Å². The summed E-state index contributed by atoms with van der Waals surface area (Å²) in [4.78, 5) is 12.1. The summed E-state index contributed by atoms with van der Waals surface area (Å²) >= 11 is 5.99. The molecule has 2 aromatic carbocycles. The molecule has 0 aliphatic rings. The summed E-state index contributed by atoms with van der Waals surface area (Å²) in [5, 5.41) is 2.91. The molecule has 0 radical (unpaired) electrons. The Bertz CT molecular complexity index is 900. The second-order valence-electron chi connectivity index (χ2n) is 5.82. The molecule has 0 unspecified atom stereocenters. The van der Waals surface area contributed by atoms with Crippen LogP contribution in [0.25, 0.3) is 0 Å². The van der Waals surface area contributed by atoms with Crippen molar-refractivity contribution in [1.29, 1.82) is 0 Å². The minimum atomic E-state index is -3.84. The van der Waals surface area contributed by atoms with Gasteiger partial charge in [-0.05, 0) is 30.7 Å². The van der Waals surface area contributed by atoms with E-state index in [1.165, 1.54) is 32.4 Å². The molecule has 2 rings (SSSR count). The molecule has 0 spiro atoms. The Morgan fingerprint density at radius 2 is 1.96 bits per heavy atom. The molecule has 26 heavy (non-hydrogen) atoms. The number of carbonyl (C=O) groups is 1. The third-order valence-electron chi connectivity index (χ3n) is 3.77. The molecule has 0 aromatic heterocycles. The van der Waals surface area contributed by atoms with Gasteiger partial charge in [0.15, 0.2) is 0 Å². The molecule has 8 heteroatoms. The van der Waals surface area contributed by atoms with Gasteiger partial charge in [-0.1, -0.05) is 41.4 Å². The highest BCUT2D eigenvalue weighted by molar-refractivity contribution is 7.89. The van der Waals surface area contributed by atoms with Crippen molar-refractivity contribution in [3.63, 3.8) is 0 Å². The number of nitrogens with one attached hydrogen (secondary N) is 1. The monoisotopic (exact) mass is 396 g/mol. The molecule has 0 bridgehead atoms. The van der Waals surface area contributed by atoms with E-state index < -0.39 is 15.9 Å². The summed E-state index contributed by atoms with van der Waals surface area (Å²) in [6, 6.07) is 11.9. The lowest BCUT2D eigenvalue weighted by Crippen LogP contribution is -2.38. The normalized spacial score (nSPS) is 11.4. The van der Waals surface area contributed by atoms with E-state index in [1.54, 1.807) is 0 Å². The number of benzene rings is 2. The van der Waals surface area contributed by atoms with Crippen molar-refractivity contribution in [2.75, 3.05) is 20.7 Å². The van der Waals surface area contributed by atoms with E-state index in [1.807, 2.05) is 31.2 Å². The molecule has 0 saturated heterocycles. The minimum absolute atomic E-state index is 0.00251. The van der Waals surface area contributed by atoms with Crippen LogP contribution < -0.4 is 10.1 Å². The number of methoxy groups -OCH3 is 1. The molecule has 0 atom stereocenters. The third-order valence-corrected chi connectivity index (χ3v) is 5.86. The third kappa shape index (κ3) is 4.97. The van der Waals surface area contributed by atoms with Gasteiger partial charge in [0.2, 0.25) is 15.9 Å². The van der Waals surface area contributed by atoms with Crippen LogP contribution in [-0.2, 0) is 21.4 Å². The van der Waals surface area contributed by atoms with Crippen LogP contribution in [0.15, 0.2) is 47.4 Å². The van der Waals surface area contributed by atoms with E-state index >= 15 is 0 Å². The van der Waals surface area contributed by atoms with Crippen molar-refractivity contribution in [3.05, 3.63) is 58.6 Å². The van der Waals surface area contributed by atoms with Crippen molar-refractivity contribution >= 4 is 27.5 Å². The molecule has 2 aromatic rings. The molecular weight excluding hydrogens is 376 g/mol. The Kier molecular flexibility index (Phi) is 6.63. The number of halogens is 1. The lowest BCUT2D eigenvalue weighted by atomic mass is 10.1. The van der Waals surface area contributed by atoms with Gasteiger partial charge in [-0.3, -0.25) is 4.79 Å². The van der Waals surface area contributed by atoms with Crippen molar-refractivity contribution in [1.82, 2.24) is 9.62 Å². The summed E-state index contributed by atoms with van der Waals surface area (Å²) in [7, 11) is -1.05. The fraction of sp³-hybridized carbons (Fsp3) is 0.278. The van der Waals surface area contributed by atoms with Crippen LogP contribution >= 0.6 is 11.6 Å². The number of nitrogens with zero attached hydrogens (tertiary/aromatic N) is 1. The van der Waals surface area contributed by atoms with Gasteiger partial charge in [0.25, 0.3) is 0 Å². The molecule has 1 amide bonds. The molecule has 140 valence electrons. The average molecular weight is 397 g/mol. The molecule has 0 aliphatic carbocycles. The highest BCUT2D eigenvalue weighted by atomic mass is 35.5. The van der Waals surface area contributed by atoms with Crippen LogP contribution in [-0.4, -0.2) is 39.3 Å². The van der Waals surface area contributed by atoms with Crippen LogP contribution in [0.3, 0.4) is 0 Å². The largest absolute Gasteiger partial charge is 0.495 e. The summed E-state index contributed by atoms with van der Waals surface area (Å²) in [5.41, 5.74) is 2.04.